The van der Waals surface area contributed by atoms with Crippen LogP contribution in [0.5, 0.6) is 0 Å². The number of carbonyl (C=O) groups is 1. The fourth-order valence-corrected chi connectivity index (χ4v) is 4.69. The number of oxazole rings is 1. The van der Waals surface area contributed by atoms with Gasteiger partial charge in [-0.25, -0.2) is 18.2 Å². The second kappa shape index (κ2) is 6.38. The maximum Gasteiger partial charge on any atom is 0.338 e. The highest BCUT2D eigenvalue weighted by atomic mass is 32.2. The molecule has 0 radical (unpaired) electrons. The van der Waals surface area contributed by atoms with Crippen LogP contribution in [0.1, 0.15) is 28.7 Å². The van der Waals surface area contributed by atoms with E-state index in [0.717, 1.165) is 5.56 Å². The number of sulfonamides is 1. The highest BCUT2D eigenvalue weighted by Crippen LogP contribution is 2.34. The second-order valence-electron chi connectivity index (χ2n) is 6.61. The molecule has 4 rings (SSSR count). The fraction of sp³-hybridized carbons (Fsp3) is 0.263. The van der Waals surface area contributed by atoms with E-state index in [2.05, 4.69) is 4.98 Å². The number of nitrogens with zero attached hydrogens (tertiary/aromatic N) is 2. The molecule has 1 atom stereocenters. The van der Waals surface area contributed by atoms with Crippen LogP contribution in [0.3, 0.4) is 0 Å². The molecule has 2 aromatic carbocycles. The lowest BCUT2D eigenvalue weighted by molar-refractivity contribution is 0.0440. The summed E-state index contributed by atoms with van der Waals surface area (Å²) in [5.74, 6) is -0.187. The molecular weight excluding hydrogens is 368 g/mol. The van der Waals surface area contributed by atoms with Crippen molar-refractivity contribution in [1.29, 1.82) is 0 Å². The van der Waals surface area contributed by atoms with Crippen molar-refractivity contribution >= 4 is 32.8 Å². The number of para-hydroxylation sites is 2. The number of anilines is 1. The Bertz CT molecular complexity index is 1100. The predicted octanol–water partition coefficient (Wildman–Crippen LogP) is 2.90. The van der Waals surface area contributed by atoms with E-state index in [1.165, 1.54) is 10.6 Å². The third kappa shape index (κ3) is 3.28. The SMILES string of the molecule is CC1Cc2cc(C(=O)OCc3nc4ccccc4o3)ccc2N1S(C)(=O)=O. The molecule has 8 heteroatoms. The van der Waals surface area contributed by atoms with Gasteiger partial charge < -0.3 is 9.15 Å². The van der Waals surface area contributed by atoms with E-state index in [4.69, 9.17) is 9.15 Å². The Morgan fingerprint density at radius 1 is 1.30 bits per heavy atom. The Morgan fingerprint density at radius 2 is 2.07 bits per heavy atom. The van der Waals surface area contributed by atoms with Crippen LogP contribution in [-0.4, -0.2) is 31.7 Å². The molecule has 27 heavy (non-hydrogen) atoms. The van der Waals surface area contributed by atoms with E-state index in [1.807, 2.05) is 25.1 Å². The minimum absolute atomic E-state index is 0.0730. The van der Waals surface area contributed by atoms with E-state index < -0.39 is 16.0 Å². The molecule has 140 valence electrons. The van der Waals surface area contributed by atoms with Crippen LogP contribution < -0.4 is 4.31 Å². The first-order valence-electron chi connectivity index (χ1n) is 8.47. The normalized spacial score (nSPS) is 16.5. The lowest BCUT2D eigenvalue weighted by Gasteiger charge is -2.21. The molecule has 0 saturated carbocycles. The maximum atomic E-state index is 12.4. The van der Waals surface area contributed by atoms with Crippen LogP contribution in [0, 0.1) is 0 Å². The van der Waals surface area contributed by atoms with Crippen LogP contribution in [0.25, 0.3) is 11.1 Å². The zero-order valence-electron chi connectivity index (χ0n) is 14.9. The van der Waals surface area contributed by atoms with Gasteiger partial charge in [-0.15, -0.1) is 0 Å². The van der Waals surface area contributed by atoms with Crippen LogP contribution in [0.4, 0.5) is 5.69 Å². The van der Waals surface area contributed by atoms with Crippen molar-refractivity contribution in [2.24, 2.45) is 0 Å². The summed E-state index contributed by atoms with van der Waals surface area (Å²) in [7, 11) is -3.36. The van der Waals surface area contributed by atoms with Crippen LogP contribution in [-0.2, 0) is 27.8 Å². The van der Waals surface area contributed by atoms with Crippen LogP contribution in [0.15, 0.2) is 46.9 Å². The van der Waals surface area contributed by atoms with Gasteiger partial charge in [-0.05, 0) is 49.2 Å². The molecule has 0 spiro atoms. The van der Waals surface area contributed by atoms with Gasteiger partial charge in [0.2, 0.25) is 15.9 Å². The molecule has 0 saturated heterocycles. The molecule has 0 N–H and O–H groups in total. The Labute approximate surface area is 156 Å². The Hall–Kier alpha value is -2.87. The molecule has 0 bridgehead atoms. The van der Waals surface area contributed by atoms with Crippen LogP contribution in [0.2, 0.25) is 0 Å². The third-order valence-corrected chi connectivity index (χ3v) is 5.76. The van der Waals surface area contributed by atoms with Gasteiger partial charge >= 0.3 is 5.97 Å². The molecule has 7 nitrogen and oxygen atoms in total. The van der Waals surface area contributed by atoms with E-state index in [0.29, 0.717) is 34.7 Å². The van der Waals surface area contributed by atoms with Gasteiger partial charge in [-0.3, -0.25) is 4.31 Å². The third-order valence-electron chi connectivity index (χ3n) is 4.49. The van der Waals surface area contributed by atoms with Gasteiger partial charge in [0.1, 0.15) is 5.52 Å². The van der Waals surface area contributed by atoms with Crippen molar-refractivity contribution in [1.82, 2.24) is 4.98 Å². The smallest absolute Gasteiger partial charge is 0.338 e. The van der Waals surface area contributed by atoms with Gasteiger partial charge in [0.25, 0.3) is 0 Å². The monoisotopic (exact) mass is 386 g/mol. The predicted molar refractivity (Wildman–Crippen MR) is 100 cm³/mol. The van der Waals surface area contributed by atoms with E-state index in [-0.39, 0.29) is 12.6 Å². The van der Waals surface area contributed by atoms with E-state index in [1.54, 1.807) is 24.3 Å². The van der Waals surface area contributed by atoms with Crippen molar-refractivity contribution in [3.05, 3.63) is 59.5 Å². The number of benzene rings is 2. The summed E-state index contributed by atoms with van der Waals surface area (Å²) >= 11 is 0. The van der Waals surface area contributed by atoms with E-state index in [9.17, 15) is 13.2 Å². The average Bonchev–Trinajstić information content (AvgIpc) is 3.17. The number of fused-ring (bicyclic) bond motifs is 2. The summed E-state index contributed by atoms with van der Waals surface area (Å²) in [5.41, 5.74) is 3.13. The van der Waals surface area contributed by atoms with Crippen molar-refractivity contribution in [2.75, 3.05) is 10.6 Å². The highest BCUT2D eigenvalue weighted by Gasteiger charge is 2.32. The topological polar surface area (TPSA) is 89.7 Å². The first kappa shape index (κ1) is 17.5. The molecule has 0 fully saturated rings. The molecular formula is C19H18N2O5S. The molecule has 3 aromatic rings. The maximum absolute atomic E-state index is 12.4. The highest BCUT2D eigenvalue weighted by molar-refractivity contribution is 7.92. The van der Waals surface area contributed by atoms with E-state index >= 15 is 0 Å². The Kier molecular flexibility index (Phi) is 4.15. The minimum atomic E-state index is -3.36. The molecule has 1 unspecified atom stereocenters. The summed E-state index contributed by atoms with van der Waals surface area (Å²) in [6.45, 7) is 1.77. The Morgan fingerprint density at radius 3 is 2.81 bits per heavy atom. The van der Waals surface area contributed by atoms with Crippen LogP contribution >= 0.6 is 0 Å². The summed E-state index contributed by atoms with van der Waals surface area (Å²) in [6, 6.07) is 12.0. The van der Waals surface area contributed by atoms with Gasteiger partial charge in [-0.2, -0.15) is 0 Å². The summed E-state index contributed by atoms with van der Waals surface area (Å²) in [4.78, 5) is 16.6. The number of esters is 1. The Balaban J connectivity index is 1.51. The quantitative estimate of drug-likeness (QED) is 0.641. The first-order chi connectivity index (χ1) is 12.8. The summed E-state index contributed by atoms with van der Waals surface area (Å²) in [6.07, 6.45) is 1.73. The van der Waals surface area contributed by atoms with Gasteiger partial charge in [0.05, 0.1) is 17.5 Å². The lowest BCUT2D eigenvalue weighted by atomic mass is 10.1. The van der Waals surface area contributed by atoms with Crippen molar-refractivity contribution in [2.45, 2.75) is 26.0 Å². The molecule has 1 aliphatic heterocycles. The molecule has 0 aliphatic carbocycles. The number of aromatic nitrogens is 1. The molecule has 1 aliphatic rings. The summed E-state index contributed by atoms with van der Waals surface area (Å²) < 4.78 is 36.2. The van der Waals surface area contributed by atoms with Gasteiger partial charge in [0, 0.05) is 6.04 Å². The minimum Gasteiger partial charge on any atom is -0.452 e. The molecule has 1 aromatic heterocycles. The number of hydrogen-bond acceptors (Lipinski definition) is 6. The molecule has 0 amide bonds. The lowest BCUT2D eigenvalue weighted by Crippen LogP contribution is -2.34. The first-order valence-corrected chi connectivity index (χ1v) is 10.3. The number of rotatable bonds is 4. The molecule has 2 heterocycles. The fourth-order valence-electron chi connectivity index (χ4n) is 3.43. The second-order valence-corrected chi connectivity index (χ2v) is 8.47. The number of carbonyl (C=O) groups excluding carboxylic acids is 1. The standard InChI is InChI=1S/C19H18N2O5S/c1-12-9-14-10-13(7-8-16(14)21(12)27(2,23)24)19(22)25-11-18-20-15-5-3-4-6-17(15)26-18/h3-8,10,12H,9,11H2,1-2H3. The van der Waals surface area contributed by atoms with Gasteiger partial charge in [-0.1, -0.05) is 12.1 Å². The zero-order chi connectivity index (χ0) is 19.2. The number of hydrogen-bond donors (Lipinski definition) is 0. The van der Waals surface area contributed by atoms with Crippen molar-refractivity contribution in [3.63, 3.8) is 0 Å². The number of ether oxygens (including phenoxy) is 1. The zero-order valence-corrected chi connectivity index (χ0v) is 15.7. The van der Waals surface area contributed by atoms with Gasteiger partial charge in [0.15, 0.2) is 12.2 Å². The average molecular weight is 386 g/mol. The largest absolute Gasteiger partial charge is 0.452 e. The summed E-state index contributed by atoms with van der Waals surface area (Å²) in [5, 5.41) is 0. The van der Waals surface area contributed by atoms with Crippen molar-refractivity contribution < 1.29 is 22.4 Å². The van der Waals surface area contributed by atoms with Crippen molar-refractivity contribution in [3.8, 4) is 0 Å².